The van der Waals surface area contributed by atoms with E-state index >= 15 is 0 Å². The molecule has 0 bridgehead atoms. The number of esters is 1. The van der Waals surface area contributed by atoms with Gasteiger partial charge in [0.15, 0.2) is 6.61 Å². The van der Waals surface area contributed by atoms with E-state index in [4.69, 9.17) is 10.5 Å². The molecule has 1 aliphatic rings. The van der Waals surface area contributed by atoms with Gasteiger partial charge >= 0.3 is 5.97 Å². The SMILES string of the molecule is COC(=O)COc1cccc2c1c1c(n2Cc2ccccc2NC(C)=O)CCC1C(N)=O. The van der Waals surface area contributed by atoms with Crippen LogP contribution in [0.5, 0.6) is 5.75 Å². The van der Waals surface area contributed by atoms with Gasteiger partial charge in [-0.2, -0.15) is 0 Å². The molecule has 3 N–H and O–H groups in total. The van der Waals surface area contributed by atoms with E-state index in [0.717, 1.165) is 33.4 Å². The zero-order valence-electron chi connectivity index (χ0n) is 18.0. The molecule has 0 saturated carbocycles. The molecular weight excluding hydrogens is 410 g/mol. The molecule has 0 radical (unpaired) electrons. The number of carbonyl (C=O) groups is 3. The quantitative estimate of drug-likeness (QED) is 0.554. The average molecular weight is 435 g/mol. The van der Waals surface area contributed by atoms with E-state index in [2.05, 4.69) is 14.6 Å². The summed E-state index contributed by atoms with van der Waals surface area (Å²) in [7, 11) is 1.30. The van der Waals surface area contributed by atoms with Crippen molar-refractivity contribution in [2.75, 3.05) is 19.0 Å². The summed E-state index contributed by atoms with van der Waals surface area (Å²) in [6, 6.07) is 13.2. The molecule has 8 heteroatoms. The third-order valence-electron chi connectivity index (χ3n) is 5.79. The van der Waals surface area contributed by atoms with Crippen LogP contribution in [-0.4, -0.2) is 36.1 Å². The molecule has 1 heterocycles. The van der Waals surface area contributed by atoms with Crippen LogP contribution in [-0.2, 0) is 32.1 Å². The van der Waals surface area contributed by atoms with Gasteiger partial charge in [-0.1, -0.05) is 24.3 Å². The molecule has 32 heavy (non-hydrogen) atoms. The Labute approximate surface area is 185 Å². The van der Waals surface area contributed by atoms with E-state index < -0.39 is 11.9 Å². The molecule has 3 aromatic rings. The highest BCUT2D eigenvalue weighted by molar-refractivity contribution is 5.98. The van der Waals surface area contributed by atoms with Gasteiger partial charge in [-0.05, 0) is 42.2 Å². The number of nitrogens with zero attached hydrogens (tertiary/aromatic N) is 1. The normalized spacial score (nSPS) is 14.8. The maximum absolute atomic E-state index is 12.2. The summed E-state index contributed by atoms with van der Waals surface area (Å²) in [6.07, 6.45) is 1.31. The van der Waals surface area contributed by atoms with Crippen molar-refractivity contribution in [1.29, 1.82) is 0 Å². The van der Waals surface area contributed by atoms with E-state index in [-0.39, 0.29) is 18.4 Å². The van der Waals surface area contributed by atoms with Crippen LogP contribution in [0, 0.1) is 0 Å². The number of hydrogen-bond acceptors (Lipinski definition) is 5. The molecule has 2 amide bonds. The van der Waals surface area contributed by atoms with Gasteiger partial charge in [-0.3, -0.25) is 9.59 Å². The highest BCUT2D eigenvalue weighted by Crippen LogP contribution is 2.44. The molecule has 8 nitrogen and oxygen atoms in total. The number of primary amides is 1. The van der Waals surface area contributed by atoms with Crippen molar-refractivity contribution in [2.45, 2.75) is 32.2 Å². The number of methoxy groups -OCH3 is 1. The number of ether oxygens (including phenoxy) is 2. The molecule has 1 aliphatic carbocycles. The Morgan fingerprint density at radius 3 is 2.66 bits per heavy atom. The number of rotatable bonds is 7. The van der Waals surface area contributed by atoms with Crippen LogP contribution in [0.25, 0.3) is 10.9 Å². The molecule has 1 atom stereocenters. The van der Waals surface area contributed by atoms with E-state index in [0.29, 0.717) is 25.1 Å². The predicted octanol–water partition coefficient (Wildman–Crippen LogP) is 2.71. The Kier molecular flexibility index (Phi) is 5.85. The summed E-state index contributed by atoms with van der Waals surface area (Å²) in [4.78, 5) is 35.5. The lowest BCUT2D eigenvalue weighted by Gasteiger charge is -2.14. The summed E-state index contributed by atoms with van der Waals surface area (Å²) in [5.41, 5.74) is 10.1. The maximum atomic E-state index is 12.2. The van der Waals surface area contributed by atoms with Gasteiger partial charge in [0.05, 0.1) is 18.5 Å². The van der Waals surface area contributed by atoms with Gasteiger partial charge < -0.3 is 25.1 Å². The Morgan fingerprint density at radius 1 is 1.16 bits per heavy atom. The summed E-state index contributed by atoms with van der Waals surface area (Å²) in [5, 5.41) is 3.66. The highest BCUT2D eigenvalue weighted by Gasteiger charge is 2.34. The summed E-state index contributed by atoms with van der Waals surface area (Å²) in [6.45, 7) is 1.73. The second-order valence-electron chi connectivity index (χ2n) is 7.79. The fourth-order valence-corrected chi connectivity index (χ4v) is 4.44. The van der Waals surface area contributed by atoms with Crippen molar-refractivity contribution in [1.82, 2.24) is 4.57 Å². The van der Waals surface area contributed by atoms with E-state index in [1.807, 2.05) is 36.4 Å². The number of aromatic nitrogens is 1. The van der Waals surface area contributed by atoms with Gasteiger partial charge in [0.2, 0.25) is 11.8 Å². The molecule has 0 spiro atoms. The number of hydrogen-bond donors (Lipinski definition) is 2. The first-order valence-electron chi connectivity index (χ1n) is 10.4. The van der Waals surface area contributed by atoms with Crippen molar-refractivity contribution in [3.05, 3.63) is 59.3 Å². The standard InChI is InChI=1S/C24H25N3O5/c1-14(28)26-17-7-4-3-6-15(17)12-27-18-8-5-9-20(32-13-21(29)31-2)23(18)22-16(24(25)30)10-11-19(22)27/h3-9,16H,10-13H2,1-2H3,(H2,25,30)(H,26,28). The Balaban J connectivity index is 1.85. The van der Waals surface area contributed by atoms with Crippen molar-refractivity contribution in [3.8, 4) is 5.75 Å². The van der Waals surface area contributed by atoms with Crippen LogP contribution in [0.2, 0.25) is 0 Å². The molecule has 0 saturated heterocycles. The second kappa shape index (κ2) is 8.74. The predicted molar refractivity (Wildman–Crippen MR) is 120 cm³/mol. The van der Waals surface area contributed by atoms with Crippen LogP contribution >= 0.6 is 0 Å². The lowest BCUT2D eigenvalue weighted by atomic mass is 9.99. The van der Waals surface area contributed by atoms with Gasteiger partial charge in [0, 0.05) is 30.2 Å². The molecule has 2 aromatic carbocycles. The van der Waals surface area contributed by atoms with Gasteiger partial charge in [0.25, 0.3) is 0 Å². The lowest BCUT2D eigenvalue weighted by molar-refractivity contribution is -0.142. The molecule has 166 valence electrons. The van der Waals surface area contributed by atoms with E-state index in [9.17, 15) is 14.4 Å². The molecule has 1 unspecified atom stereocenters. The van der Waals surface area contributed by atoms with Crippen LogP contribution in [0.4, 0.5) is 5.69 Å². The lowest BCUT2D eigenvalue weighted by Crippen LogP contribution is -2.19. The first-order valence-corrected chi connectivity index (χ1v) is 10.4. The zero-order valence-corrected chi connectivity index (χ0v) is 18.0. The Hall–Kier alpha value is -3.81. The number of amides is 2. The van der Waals surface area contributed by atoms with Crippen LogP contribution < -0.4 is 15.8 Å². The molecule has 4 rings (SSSR count). The third-order valence-corrected chi connectivity index (χ3v) is 5.79. The minimum atomic E-state index is -0.492. The summed E-state index contributed by atoms with van der Waals surface area (Å²) < 4.78 is 12.6. The number of anilines is 1. The zero-order chi connectivity index (χ0) is 22.8. The van der Waals surface area contributed by atoms with Crippen LogP contribution in [0.15, 0.2) is 42.5 Å². The van der Waals surface area contributed by atoms with Gasteiger partial charge in [-0.15, -0.1) is 0 Å². The average Bonchev–Trinajstić information content (AvgIpc) is 3.32. The fourth-order valence-electron chi connectivity index (χ4n) is 4.44. The molecular formula is C24H25N3O5. The first kappa shape index (κ1) is 21.4. The Bertz CT molecular complexity index is 1210. The third kappa shape index (κ3) is 3.91. The minimum Gasteiger partial charge on any atom is -0.481 e. The molecule has 0 aliphatic heterocycles. The minimum absolute atomic E-state index is 0.146. The topological polar surface area (TPSA) is 113 Å². The number of nitrogens with one attached hydrogen (secondary N) is 1. The monoisotopic (exact) mass is 435 g/mol. The van der Waals surface area contributed by atoms with Crippen LogP contribution in [0.3, 0.4) is 0 Å². The van der Waals surface area contributed by atoms with Crippen molar-refractivity contribution < 1.29 is 23.9 Å². The van der Waals surface area contributed by atoms with Crippen molar-refractivity contribution >= 4 is 34.4 Å². The number of fused-ring (bicyclic) bond motifs is 3. The van der Waals surface area contributed by atoms with Crippen molar-refractivity contribution in [2.24, 2.45) is 5.73 Å². The molecule has 0 fully saturated rings. The van der Waals surface area contributed by atoms with Crippen molar-refractivity contribution in [3.63, 3.8) is 0 Å². The van der Waals surface area contributed by atoms with E-state index in [1.165, 1.54) is 14.0 Å². The first-order chi connectivity index (χ1) is 15.4. The fraction of sp³-hybridized carbons (Fsp3) is 0.292. The Morgan fingerprint density at radius 2 is 1.94 bits per heavy atom. The smallest absolute Gasteiger partial charge is 0.343 e. The van der Waals surface area contributed by atoms with Crippen LogP contribution in [0.1, 0.15) is 36.1 Å². The van der Waals surface area contributed by atoms with E-state index in [1.54, 1.807) is 6.07 Å². The highest BCUT2D eigenvalue weighted by atomic mass is 16.6. The maximum Gasteiger partial charge on any atom is 0.343 e. The largest absolute Gasteiger partial charge is 0.481 e. The number of para-hydroxylation sites is 1. The molecule has 1 aromatic heterocycles. The summed E-state index contributed by atoms with van der Waals surface area (Å²) >= 11 is 0. The van der Waals surface area contributed by atoms with Gasteiger partial charge in [0.1, 0.15) is 5.75 Å². The number of carbonyl (C=O) groups excluding carboxylic acids is 3. The second-order valence-corrected chi connectivity index (χ2v) is 7.79. The summed E-state index contributed by atoms with van der Waals surface area (Å²) in [5.74, 6) is -0.946. The number of benzene rings is 2. The number of nitrogens with two attached hydrogens (primary N) is 1. The van der Waals surface area contributed by atoms with Gasteiger partial charge in [-0.25, -0.2) is 4.79 Å².